The van der Waals surface area contributed by atoms with Crippen LogP contribution in [0.1, 0.15) is 29.8 Å². The molecule has 1 aliphatic heterocycles. The van der Waals surface area contributed by atoms with Gasteiger partial charge < -0.3 is 10.1 Å². The Morgan fingerprint density at radius 3 is 3.09 bits per heavy atom. The van der Waals surface area contributed by atoms with Gasteiger partial charge in [-0.2, -0.15) is 10.2 Å². The number of ether oxygens (including phenoxy) is 1. The fourth-order valence-electron chi connectivity index (χ4n) is 2.35. The maximum absolute atomic E-state index is 12.0. The summed E-state index contributed by atoms with van der Waals surface area (Å²) in [6.45, 7) is 1.47. The maximum Gasteiger partial charge on any atom is 0.276 e. The van der Waals surface area contributed by atoms with Gasteiger partial charge in [0.25, 0.3) is 11.5 Å². The molecule has 116 valence electrons. The van der Waals surface area contributed by atoms with Gasteiger partial charge in [0, 0.05) is 18.9 Å². The highest BCUT2D eigenvalue weighted by molar-refractivity contribution is 6.02. The number of anilines is 1. The number of amides is 1. The summed E-state index contributed by atoms with van der Waals surface area (Å²) in [6, 6.07) is 2.63. The van der Waals surface area contributed by atoms with Crippen LogP contribution in [0, 0.1) is 0 Å². The first-order chi connectivity index (χ1) is 10.7. The lowest BCUT2D eigenvalue weighted by Gasteiger charge is -2.22. The Morgan fingerprint density at radius 2 is 2.36 bits per heavy atom. The summed E-state index contributed by atoms with van der Waals surface area (Å²) in [5.41, 5.74) is 0.369. The second-order valence-electron chi connectivity index (χ2n) is 5.20. The van der Waals surface area contributed by atoms with E-state index < -0.39 is 5.91 Å². The number of rotatable bonds is 4. The van der Waals surface area contributed by atoms with E-state index in [1.165, 1.54) is 18.6 Å². The smallest absolute Gasteiger partial charge is 0.276 e. The first-order valence-electron chi connectivity index (χ1n) is 7.22. The van der Waals surface area contributed by atoms with E-state index >= 15 is 0 Å². The normalized spacial score (nSPS) is 18.1. The van der Waals surface area contributed by atoms with Crippen LogP contribution < -0.4 is 10.9 Å². The van der Waals surface area contributed by atoms with Crippen LogP contribution >= 0.6 is 0 Å². The standard InChI is InChI=1S/C14H17N5O3/c20-13-5-4-12(17-18-13)14(21)16-10-7-15-19(8-10)9-11-3-1-2-6-22-11/h4-5,7-8,11H,1-3,6,9H2,(H,16,21)(H,18,20)/t11-/m0/s1. The lowest BCUT2D eigenvalue weighted by Crippen LogP contribution is -2.24. The molecule has 0 radical (unpaired) electrons. The van der Waals surface area contributed by atoms with Gasteiger partial charge >= 0.3 is 0 Å². The van der Waals surface area contributed by atoms with E-state index in [4.69, 9.17) is 4.74 Å². The van der Waals surface area contributed by atoms with E-state index in [0.717, 1.165) is 19.4 Å². The van der Waals surface area contributed by atoms with Gasteiger partial charge in [-0.05, 0) is 25.3 Å². The summed E-state index contributed by atoms with van der Waals surface area (Å²) in [7, 11) is 0. The van der Waals surface area contributed by atoms with E-state index in [1.54, 1.807) is 17.1 Å². The van der Waals surface area contributed by atoms with Gasteiger partial charge in [0.1, 0.15) is 5.69 Å². The van der Waals surface area contributed by atoms with Gasteiger partial charge in [-0.25, -0.2) is 5.10 Å². The van der Waals surface area contributed by atoms with Gasteiger partial charge in [0.2, 0.25) is 0 Å². The van der Waals surface area contributed by atoms with Gasteiger partial charge in [-0.1, -0.05) is 0 Å². The lowest BCUT2D eigenvalue weighted by molar-refractivity contribution is 0.00401. The molecule has 2 aromatic rings. The summed E-state index contributed by atoms with van der Waals surface area (Å²) in [5, 5.41) is 12.8. The Hall–Kier alpha value is -2.48. The zero-order valence-electron chi connectivity index (χ0n) is 12.0. The number of carbonyl (C=O) groups is 1. The second-order valence-corrected chi connectivity index (χ2v) is 5.20. The maximum atomic E-state index is 12.0. The van der Waals surface area contributed by atoms with Crippen LogP contribution in [0.2, 0.25) is 0 Å². The molecule has 0 spiro atoms. The molecule has 0 saturated carbocycles. The average molecular weight is 303 g/mol. The van der Waals surface area contributed by atoms with Crippen molar-refractivity contribution in [1.29, 1.82) is 0 Å². The molecule has 0 aliphatic carbocycles. The van der Waals surface area contributed by atoms with Gasteiger partial charge in [-0.3, -0.25) is 14.3 Å². The Morgan fingerprint density at radius 1 is 1.45 bits per heavy atom. The van der Waals surface area contributed by atoms with Crippen LogP contribution in [-0.4, -0.2) is 38.6 Å². The summed E-state index contributed by atoms with van der Waals surface area (Å²) in [5.74, 6) is -0.398. The van der Waals surface area contributed by atoms with Crippen LogP contribution in [0.25, 0.3) is 0 Å². The molecule has 22 heavy (non-hydrogen) atoms. The summed E-state index contributed by atoms with van der Waals surface area (Å²) >= 11 is 0. The molecule has 1 amide bonds. The Kier molecular flexibility index (Phi) is 4.29. The molecule has 8 nitrogen and oxygen atoms in total. The highest BCUT2D eigenvalue weighted by Gasteiger charge is 2.15. The quantitative estimate of drug-likeness (QED) is 0.869. The first-order valence-corrected chi connectivity index (χ1v) is 7.22. The Labute approximate surface area is 126 Å². The molecule has 3 rings (SSSR count). The number of hydrogen-bond acceptors (Lipinski definition) is 5. The fraction of sp³-hybridized carbons (Fsp3) is 0.429. The van der Waals surface area contributed by atoms with Crippen molar-refractivity contribution in [3.8, 4) is 0 Å². The molecule has 1 aliphatic rings. The predicted octanol–water partition coefficient (Wildman–Crippen LogP) is 0.788. The molecule has 3 heterocycles. The minimum Gasteiger partial charge on any atom is -0.376 e. The SMILES string of the molecule is O=C(Nc1cnn(C[C@@H]2CCCCO2)c1)c1ccc(=O)[nH]n1. The second kappa shape index (κ2) is 6.52. The summed E-state index contributed by atoms with van der Waals surface area (Å²) in [4.78, 5) is 22.9. The molecule has 1 atom stereocenters. The van der Waals surface area contributed by atoms with Crippen molar-refractivity contribution in [3.05, 3.63) is 40.6 Å². The number of carbonyl (C=O) groups excluding carboxylic acids is 1. The number of nitrogens with one attached hydrogen (secondary N) is 2. The zero-order chi connectivity index (χ0) is 15.4. The molecule has 1 fully saturated rings. The monoisotopic (exact) mass is 303 g/mol. The predicted molar refractivity (Wildman–Crippen MR) is 78.6 cm³/mol. The van der Waals surface area contributed by atoms with Crippen molar-refractivity contribution in [3.63, 3.8) is 0 Å². The molecule has 0 aromatic carbocycles. The van der Waals surface area contributed by atoms with Crippen LogP contribution in [-0.2, 0) is 11.3 Å². The Bertz CT molecular complexity index is 682. The molecule has 2 aromatic heterocycles. The number of H-pyrrole nitrogens is 1. The zero-order valence-corrected chi connectivity index (χ0v) is 12.0. The van der Waals surface area contributed by atoms with Crippen molar-refractivity contribution in [2.45, 2.75) is 31.9 Å². The summed E-state index contributed by atoms with van der Waals surface area (Å²) in [6.07, 6.45) is 6.82. The summed E-state index contributed by atoms with van der Waals surface area (Å²) < 4.78 is 7.42. The molecule has 8 heteroatoms. The van der Waals surface area contributed by atoms with Crippen molar-refractivity contribution in [2.75, 3.05) is 11.9 Å². The van der Waals surface area contributed by atoms with Crippen LogP contribution in [0.5, 0.6) is 0 Å². The van der Waals surface area contributed by atoms with E-state index in [0.29, 0.717) is 12.2 Å². The van der Waals surface area contributed by atoms with Crippen molar-refractivity contribution in [2.24, 2.45) is 0 Å². The highest BCUT2D eigenvalue weighted by atomic mass is 16.5. The number of nitrogens with zero attached hydrogens (tertiary/aromatic N) is 3. The third-order valence-electron chi connectivity index (χ3n) is 3.47. The third kappa shape index (κ3) is 3.59. The number of hydrogen-bond donors (Lipinski definition) is 2. The highest BCUT2D eigenvalue weighted by Crippen LogP contribution is 2.15. The van der Waals surface area contributed by atoms with Crippen LogP contribution in [0.15, 0.2) is 29.3 Å². The fourth-order valence-corrected chi connectivity index (χ4v) is 2.35. The van der Waals surface area contributed by atoms with Crippen LogP contribution in [0.3, 0.4) is 0 Å². The van der Waals surface area contributed by atoms with Gasteiger partial charge in [0.05, 0.1) is 24.5 Å². The van der Waals surface area contributed by atoms with Crippen molar-refractivity contribution >= 4 is 11.6 Å². The van der Waals surface area contributed by atoms with E-state index in [9.17, 15) is 9.59 Å². The number of aromatic nitrogens is 4. The molecule has 1 saturated heterocycles. The largest absolute Gasteiger partial charge is 0.376 e. The van der Waals surface area contributed by atoms with Crippen molar-refractivity contribution < 1.29 is 9.53 Å². The molecule has 0 unspecified atom stereocenters. The minimum atomic E-state index is -0.398. The van der Waals surface area contributed by atoms with E-state index in [1.807, 2.05) is 0 Å². The average Bonchev–Trinajstić information content (AvgIpc) is 2.96. The van der Waals surface area contributed by atoms with E-state index in [2.05, 4.69) is 20.6 Å². The first kappa shape index (κ1) is 14.5. The van der Waals surface area contributed by atoms with E-state index in [-0.39, 0.29) is 17.4 Å². The molecular weight excluding hydrogens is 286 g/mol. The van der Waals surface area contributed by atoms with Crippen molar-refractivity contribution in [1.82, 2.24) is 20.0 Å². The lowest BCUT2D eigenvalue weighted by atomic mass is 10.1. The topological polar surface area (TPSA) is 102 Å². The molecule has 2 N–H and O–H groups in total. The van der Waals surface area contributed by atoms with Gasteiger partial charge in [-0.15, -0.1) is 0 Å². The third-order valence-corrected chi connectivity index (χ3v) is 3.47. The molecular formula is C14H17N5O3. The molecule has 0 bridgehead atoms. The van der Waals surface area contributed by atoms with Crippen LogP contribution in [0.4, 0.5) is 5.69 Å². The van der Waals surface area contributed by atoms with Gasteiger partial charge in [0.15, 0.2) is 0 Å². The number of aromatic amines is 1. The minimum absolute atomic E-state index is 0.142. The Balaban J connectivity index is 1.60.